The van der Waals surface area contributed by atoms with E-state index in [-0.39, 0.29) is 12.2 Å². The summed E-state index contributed by atoms with van der Waals surface area (Å²) in [5.74, 6) is 1.73. The van der Waals surface area contributed by atoms with E-state index >= 15 is 0 Å². The highest BCUT2D eigenvalue weighted by Gasteiger charge is 2.60. The second-order valence-electron chi connectivity index (χ2n) is 12.9. The number of hydrogen-bond acceptors (Lipinski definition) is 2. The van der Waals surface area contributed by atoms with Gasteiger partial charge in [0.15, 0.2) is 0 Å². The van der Waals surface area contributed by atoms with Gasteiger partial charge in [0.25, 0.3) is 0 Å². The summed E-state index contributed by atoms with van der Waals surface area (Å²) in [7, 11) is 0. The number of rotatable bonds is 8. The number of allylic oxidation sites excluding steroid dienone is 5. The molecule has 0 aromatic carbocycles. The quantitative estimate of drug-likeness (QED) is 0.357. The maximum Gasteiger partial charge on any atom is 0.0688 e. The van der Waals surface area contributed by atoms with Crippen LogP contribution in [-0.2, 0) is 4.74 Å². The summed E-state index contributed by atoms with van der Waals surface area (Å²) < 4.78 is 6.13. The standard InChI is InChI=1S/2C16H28O/c1-14(2)8-5-9-15(3)12(14)6-10-16(4)13(15)7-11-17-16;1-14(2)8-5-9-15(3)10-6-11-16(4)12-7-13-17/h12-13H,5-11H2,1-4H3;8,10,12,17H,5-7,9,11,13H2,1-4H3/b;15-10+,16-12+. The molecule has 0 radical (unpaired) electrons. The fourth-order valence-electron chi connectivity index (χ4n) is 7.47. The van der Waals surface area contributed by atoms with E-state index in [9.17, 15) is 0 Å². The maximum absolute atomic E-state index is 8.71. The van der Waals surface area contributed by atoms with Gasteiger partial charge in [-0.05, 0) is 121 Å². The number of aliphatic hydroxyl groups is 1. The Kier molecular flexibility index (Phi) is 11.1. The van der Waals surface area contributed by atoms with Gasteiger partial charge in [-0.15, -0.1) is 0 Å². The first-order valence-corrected chi connectivity index (χ1v) is 14.1. The third-order valence-electron chi connectivity index (χ3n) is 9.32. The molecule has 1 aliphatic heterocycles. The van der Waals surface area contributed by atoms with Gasteiger partial charge in [0, 0.05) is 13.2 Å². The average molecular weight is 473 g/mol. The molecule has 2 nitrogen and oxygen atoms in total. The van der Waals surface area contributed by atoms with Crippen molar-refractivity contribution in [2.24, 2.45) is 22.7 Å². The largest absolute Gasteiger partial charge is 0.396 e. The van der Waals surface area contributed by atoms with Gasteiger partial charge in [0.2, 0.25) is 0 Å². The Morgan fingerprint density at radius 2 is 1.41 bits per heavy atom. The maximum atomic E-state index is 8.71. The van der Waals surface area contributed by atoms with Gasteiger partial charge < -0.3 is 9.84 Å². The van der Waals surface area contributed by atoms with Crippen molar-refractivity contribution in [3.05, 3.63) is 34.9 Å². The van der Waals surface area contributed by atoms with Gasteiger partial charge in [0.1, 0.15) is 0 Å². The number of ether oxygens (including phenoxy) is 1. The molecule has 4 unspecified atom stereocenters. The summed E-state index contributed by atoms with van der Waals surface area (Å²) in [5.41, 5.74) is 5.58. The molecule has 3 fully saturated rings. The highest BCUT2D eigenvalue weighted by Crippen LogP contribution is 2.64. The Morgan fingerprint density at radius 3 is 2.03 bits per heavy atom. The molecular weight excluding hydrogens is 416 g/mol. The van der Waals surface area contributed by atoms with E-state index in [2.05, 4.69) is 73.6 Å². The van der Waals surface area contributed by atoms with Gasteiger partial charge >= 0.3 is 0 Å². The second-order valence-corrected chi connectivity index (χ2v) is 12.9. The van der Waals surface area contributed by atoms with E-state index in [4.69, 9.17) is 9.84 Å². The van der Waals surface area contributed by atoms with E-state index in [0.29, 0.717) is 10.8 Å². The smallest absolute Gasteiger partial charge is 0.0688 e. The van der Waals surface area contributed by atoms with Crippen molar-refractivity contribution in [1.29, 1.82) is 0 Å². The molecular formula is C32H56O2. The highest BCUT2D eigenvalue weighted by molar-refractivity contribution is 5.09. The molecule has 196 valence electrons. The molecule has 0 aromatic heterocycles. The number of aliphatic hydroxyl groups excluding tert-OH is 1. The fraction of sp³-hybridized carbons (Fsp3) is 0.812. The van der Waals surface area contributed by atoms with Crippen molar-refractivity contribution < 1.29 is 9.84 Å². The Balaban J connectivity index is 0.000000240. The van der Waals surface area contributed by atoms with Crippen molar-refractivity contribution in [1.82, 2.24) is 0 Å². The third-order valence-corrected chi connectivity index (χ3v) is 9.32. The van der Waals surface area contributed by atoms with Crippen LogP contribution in [-0.4, -0.2) is 23.9 Å². The molecule has 0 bridgehead atoms. The Morgan fingerprint density at radius 1 is 0.794 bits per heavy atom. The molecule has 4 atom stereocenters. The zero-order chi connectivity index (χ0) is 25.4. The van der Waals surface area contributed by atoms with Crippen molar-refractivity contribution in [3.8, 4) is 0 Å². The second kappa shape index (κ2) is 12.9. The van der Waals surface area contributed by atoms with Gasteiger partial charge in [-0.3, -0.25) is 0 Å². The predicted molar refractivity (Wildman–Crippen MR) is 148 cm³/mol. The lowest BCUT2D eigenvalue weighted by Crippen LogP contribution is -2.55. The van der Waals surface area contributed by atoms with E-state index in [1.165, 1.54) is 61.7 Å². The fourth-order valence-corrected chi connectivity index (χ4v) is 7.47. The molecule has 1 saturated heterocycles. The molecule has 2 heteroatoms. The molecule has 2 saturated carbocycles. The molecule has 3 rings (SSSR count). The summed E-state index contributed by atoms with van der Waals surface area (Å²) in [6.45, 7) is 19.9. The lowest BCUT2D eigenvalue weighted by Gasteiger charge is -2.60. The summed E-state index contributed by atoms with van der Waals surface area (Å²) in [6, 6.07) is 0. The number of hydrogen-bond donors (Lipinski definition) is 1. The van der Waals surface area contributed by atoms with Crippen LogP contribution in [0.1, 0.15) is 126 Å². The summed E-state index contributed by atoms with van der Waals surface area (Å²) >= 11 is 0. The topological polar surface area (TPSA) is 29.5 Å². The third kappa shape index (κ3) is 7.82. The predicted octanol–water partition coefficient (Wildman–Crippen LogP) is 9.20. The van der Waals surface area contributed by atoms with Crippen molar-refractivity contribution in [2.45, 2.75) is 132 Å². The van der Waals surface area contributed by atoms with Crippen LogP contribution in [0.15, 0.2) is 34.9 Å². The number of fused-ring (bicyclic) bond motifs is 3. The Bertz CT molecular complexity index is 719. The molecule has 1 N–H and O–H groups in total. The summed E-state index contributed by atoms with van der Waals surface area (Å²) in [5, 5.41) is 8.71. The summed E-state index contributed by atoms with van der Waals surface area (Å²) in [6.07, 6.45) is 20.4. The van der Waals surface area contributed by atoms with E-state index in [1.54, 1.807) is 0 Å². The molecule has 0 spiro atoms. The molecule has 0 aromatic rings. The Hall–Kier alpha value is -0.860. The molecule has 0 amide bonds. The summed E-state index contributed by atoms with van der Waals surface area (Å²) in [4.78, 5) is 0. The lowest BCUT2D eigenvalue weighted by molar-refractivity contribution is -0.147. The first kappa shape index (κ1) is 29.4. The van der Waals surface area contributed by atoms with Crippen LogP contribution in [0.5, 0.6) is 0 Å². The minimum Gasteiger partial charge on any atom is -0.396 e. The van der Waals surface area contributed by atoms with Crippen molar-refractivity contribution >= 4 is 0 Å². The molecule has 2 aliphatic carbocycles. The van der Waals surface area contributed by atoms with E-state index in [1.807, 2.05) is 0 Å². The van der Waals surface area contributed by atoms with Gasteiger partial charge in [0.05, 0.1) is 5.60 Å². The normalized spacial score (nSPS) is 32.9. The lowest BCUT2D eigenvalue weighted by atomic mass is 9.46. The minimum absolute atomic E-state index is 0.207. The SMILES string of the molecule is CC(C)=CCC/C(C)=C/CC/C(C)=C/CCO.CC1(C)CCCC2(C)C1CCC1(C)OCCC12. The Labute approximate surface area is 212 Å². The van der Waals surface area contributed by atoms with Gasteiger partial charge in [-0.25, -0.2) is 0 Å². The van der Waals surface area contributed by atoms with Crippen LogP contribution in [0.4, 0.5) is 0 Å². The van der Waals surface area contributed by atoms with Crippen LogP contribution in [0.3, 0.4) is 0 Å². The van der Waals surface area contributed by atoms with Crippen molar-refractivity contribution in [3.63, 3.8) is 0 Å². The van der Waals surface area contributed by atoms with Crippen LogP contribution in [0.2, 0.25) is 0 Å². The first-order valence-electron chi connectivity index (χ1n) is 14.1. The molecule has 34 heavy (non-hydrogen) atoms. The van der Waals surface area contributed by atoms with Gasteiger partial charge in [-0.2, -0.15) is 0 Å². The van der Waals surface area contributed by atoms with Gasteiger partial charge in [-0.1, -0.05) is 62.1 Å². The van der Waals surface area contributed by atoms with E-state index < -0.39 is 0 Å². The van der Waals surface area contributed by atoms with Crippen LogP contribution < -0.4 is 0 Å². The minimum atomic E-state index is 0.207. The monoisotopic (exact) mass is 472 g/mol. The zero-order valence-corrected chi connectivity index (χ0v) is 23.9. The highest BCUT2D eigenvalue weighted by atomic mass is 16.5. The molecule has 3 aliphatic rings. The van der Waals surface area contributed by atoms with Crippen LogP contribution in [0, 0.1) is 22.7 Å². The van der Waals surface area contributed by atoms with E-state index in [0.717, 1.165) is 44.1 Å². The first-order chi connectivity index (χ1) is 15.9. The van der Waals surface area contributed by atoms with Crippen LogP contribution in [0.25, 0.3) is 0 Å². The zero-order valence-electron chi connectivity index (χ0n) is 23.9. The average Bonchev–Trinajstić information content (AvgIpc) is 3.15. The molecule has 1 heterocycles. The van der Waals surface area contributed by atoms with Crippen LogP contribution >= 0.6 is 0 Å². The van der Waals surface area contributed by atoms with Crippen molar-refractivity contribution in [2.75, 3.05) is 13.2 Å².